The van der Waals surface area contributed by atoms with Crippen molar-refractivity contribution in [3.8, 4) is 0 Å². The third-order valence-electron chi connectivity index (χ3n) is 1.33. The highest BCUT2D eigenvalue weighted by molar-refractivity contribution is 9.10. The Morgan fingerprint density at radius 1 is 1.31 bits per heavy atom. The second-order valence-electron chi connectivity index (χ2n) is 2.22. The molecule has 0 unspecified atom stereocenters. The highest BCUT2D eigenvalue weighted by atomic mass is 79.9. The normalized spacial score (nSPS) is 11.8. The van der Waals surface area contributed by atoms with Crippen molar-refractivity contribution in [1.82, 2.24) is 0 Å². The largest absolute Gasteiger partial charge is 0.417 e. The number of rotatable bonds is 1. The highest BCUT2D eigenvalue weighted by Gasteiger charge is 2.33. The van der Waals surface area contributed by atoms with Crippen molar-refractivity contribution in [3.05, 3.63) is 28.2 Å². The van der Waals surface area contributed by atoms with Gasteiger partial charge in [-0.15, -0.1) is 0 Å². The smallest absolute Gasteiger partial charge is 0.166 e. The minimum Gasteiger partial charge on any atom is -0.166 e. The first-order chi connectivity index (χ1) is 5.95. The summed E-state index contributed by atoms with van der Waals surface area (Å²) in [5.41, 5.74) is -0.720. The summed E-state index contributed by atoms with van der Waals surface area (Å²) in [6.07, 6.45) is -4.36. The van der Waals surface area contributed by atoms with Gasteiger partial charge in [0.15, 0.2) is 0 Å². The highest BCUT2D eigenvalue weighted by Crippen LogP contribution is 2.39. The molecule has 13 heavy (non-hydrogen) atoms. The Hall–Kier alpha value is 0.130. The van der Waals surface area contributed by atoms with Crippen LogP contribution in [-0.2, 0) is 6.18 Å². The molecule has 0 fully saturated rings. The predicted octanol–water partition coefficient (Wildman–Crippen LogP) is 4.71. The van der Waals surface area contributed by atoms with Crippen LogP contribution < -0.4 is 0 Å². The van der Waals surface area contributed by atoms with Gasteiger partial charge >= 0.3 is 6.18 Å². The quantitative estimate of drug-likeness (QED) is 0.722. The molecule has 1 aromatic carbocycles. The van der Waals surface area contributed by atoms with Crippen LogP contribution in [0.3, 0.4) is 0 Å². The summed E-state index contributed by atoms with van der Waals surface area (Å²) in [5, 5.41) is 0. The van der Waals surface area contributed by atoms with Crippen molar-refractivity contribution < 1.29 is 13.2 Å². The molecule has 72 valence electrons. The molecular formula is C7H3BrClF3S. The second-order valence-corrected chi connectivity index (χ2v) is 4.19. The summed E-state index contributed by atoms with van der Waals surface area (Å²) in [4.78, 5) is 0.0115. The minimum atomic E-state index is -4.36. The lowest BCUT2D eigenvalue weighted by molar-refractivity contribution is -0.139. The molecule has 0 aliphatic carbocycles. The van der Waals surface area contributed by atoms with Gasteiger partial charge in [-0.2, -0.15) is 13.2 Å². The van der Waals surface area contributed by atoms with Crippen molar-refractivity contribution in [3.63, 3.8) is 0 Å². The van der Waals surface area contributed by atoms with E-state index in [1.807, 2.05) is 0 Å². The number of benzene rings is 1. The van der Waals surface area contributed by atoms with E-state index in [4.69, 9.17) is 10.7 Å². The lowest BCUT2D eigenvalue weighted by Crippen LogP contribution is -2.06. The number of halogens is 5. The maximum absolute atomic E-state index is 12.3. The zero-order chi connectivity index (χ0) is 10.1. The van der Waals surface area contributed by atoms with Crippen LogP contribution in [0.15, 0.2) is 27.6 Å². The predicted molar refractivity (Wildman–Crippen MR) is 50.9 cm³/mol. The molecular weight excluding hydrogens is 288 g/mol. The molecule has 0 spiro atoms. The fourth-order valence-corrected chi connectivity index (χ4v) is 1.93. The van der Waals surface area contributed by atoms with E-state index in [1.165, 1.54) is 12.1 Å². The SMILES string of the molecule is FC(F)(F)c1cc(Br)ccc1SCl. The molecule has 0 bridgehead atoms. The van der Waals surface area contributed by atoms with Gasteiger partial charge in [-0.1, -0.05) is 15.9 Å². The standard InChI is InChI=1S/C7H3BrClF3S/c8-4-1-2-6(13-9)5(3-4)7(10,11)12/h1-3H. The molecule has 0 heterocycles. The topological polar surface area (TPSA) is 0 Å². The Bertz CT molecular complexity index is 313. The maximum Gasteiger partial charge on any atom is 0.417 e. The fraction of sp³-hybridized carbons (Fsp3) is 0.143. The van der Waals surface area contributed by atoms with Gasteiger partial charge in [-0.05, 0) is 39.9 Å². The van der Waals surface area contributed by atoms with Crippen LogP contribution in [0.4, 0.5) is 13.2 Å². The first kappa shape index (κ1) is 11.2. The molecule has 1 aromatic rings. The molecule has 0 aromatic heterocycles. The Labute approximate surface area is 90.1 Å². The molecule has 1 rings (SSSR count). The van der Waals surface area contributed by atoms with E-state index in [2.05, 4.69) is 15.9 Å². The van der Waals surface area contributed by atoms with Crippen LogP contribution in [0.1, 0.15) is 5.56 Å². The molecule has 0 aliphatic rings. The Kier molecular flexibility index (Phi) is 3.54. The van der Waals surface area contributed by atoms with E-state index in [-0.39, 0.29) is 4.90 Å². The van der Waals surface area contributed by atoms with Crippen LogP contribution >= 0.6 is 37.6 Å². The first-order valence-corrected chi connectivity index (χ1v) is 5.54. The van der Waals surface area contributed by atoms with Crippen LogP contribution in [0.5, 0.6) is 0 Å². The maximum atomic E-state index is 12.3. The van der Waals surface area contributed by atoms with Gasteiger partial charge in [0, 0.05) is 9.37 Å². The Morgan fingerprint density at radius 3 is 2.38 bits per heavy atom. The summed E-state index contributed by atoms with van der Waals surface area (Å²) in [7, 11) is 5.85. The Balaban J connectivity index is 3.24. The van der Waals surface area contributed by atoms with E-state index in [0.29, 0.717) is 15.4 Å². The Morgan fingerprint density at radius 2 is 1.92 bits per heavy atom. The van der Waals surface area contributed by atoms with Crippen molar-refractivity contribution in [1.29, 1.82) is 0 Å². The van der Waals surface area contributed by atoms with E-state index < -0.39 is 11.7 Å². The molecule has 0 radical (unpaired) electrons. The number of hydrogen-bond acceptors (Lipinski definition) is 1. The monoisotopic (exact) mass is 290 g/mol. The van der Waals surface area contributed by atoms with Crippen LogP contribution in [0.25, 0.3) is 0 Å². The second kappa shape index (κ2) is 4.11. The van der Waals surface area contributed by atoms with Gasteiger partial charge in [0.2, 0.25) is 0 Å². The summed E-state index contributed by atoms with van der Waals surface area (Å²) >= 11 is 2.97. The van der Waals surface area contributed by atoms with Gasteiger partial charge in [-0.3, -0.25) is 0 Å². The molecule has 0 atom stereocenters. The molecule has 6 heteroatoms. The van der Waals surface area contributed by atoms with Crippen LogP contribution in [0.2, 0.25) is 0 Å². The summed E-state index contributed by atoms with van der Waals surface area (Å²) in [6.45, 7) is 0. The molecule has 0 saturated heterocycles. The van der Waals surface area contributed by atoms with Gasteiger partial charge in [-0.25, -0.2) is 0 Å². The summed E-state index contributed by atoms with van der Waals surface area (Å²) < 4.78 is 37.4. The third kappa shape index (κ3) is 2.79. The van der Waals surface area contributed by atoms with E-state index in [0.717, 1.165) is 6.07 Å². The molecule has 0 amide bonds. The number of hydrogen-bond donors (Lipinski definition) is 0. The van der Waals surface area contributed by atoms with Crippen LogP contribution in [-0.4, -0.2) is 0 Å². The molecule has 0 nitrogen and oxygen atoms in total. The lowest BCUT2D eigenvalue weighted by atomic mass is 10.2. The van der Waals surface area contributed by atoms with Crippen molar-refractivity contribution in [2.24, 2.45) is 0 Å². The third-order valence-corrected chi connectivity index (χ3v) is 2.84. The van der Waals surface area contributed by atoms with Gasteiger partial charge < -0.3 is 0 Å². The number of alkyl halides is 3. The summed E-state index contributed by atoms with van der Waals surface area (Å²) in [6, 6.07) is 3.84. The van der Waals surface area contributed by atoms with E-state index >= 15 is 0 Å². The summed E-state index contributed by atoms with van der Waals surface area (Å²) in [5.74, 6) is 0. The van der Waals surface area contributed by atoms with Crippen molar-refractivity contribution >= 4 is 37.6 Å². The van der Waals surface area contributed by atoms with Gasteiger partial charge in [0.05, 0.1) is 5.56 Å². The molecule has 0 N–H and O–H groups in total. The molecule has 0 saturated carbocycles. The van der Waals surface area contributed by atoms with Crippen molar-refractivity contribution in [2.45, 2.75) is 11.1 Å². The fourth-order valence-electron chi connectivity index (χ4n) is 0.791. The van der Waals surface area contributed by atoms with E-state index in [9.17, 15) is 13.2 Å². The van der Waals surface area contributed by atoms with Crippen molar-refractivity contribution in [2.75, 3.05) is 0 Å². The average Bonchev–Trinajstić information content (AvgIpc) is 2.03. The zero-order valence-electron chi connectivity index (χ0n) is 6.03. The van der Waals surface area contributed by atoms with E-state index in [1.54, 1.807) is 0 Å². The lowest BCUT2D eigenvalue weighted by Gasteiger charge is -2.10. The zero-order valence-corrected chi connectivity index (χ0v) is 9.19. The first-order valence-electron chi connectivity index (χ1n) is 3.10. The average molecular weight is 292 g/mol. The van der Waals surface area contributed by atoms with Crippen LogP contribution in [0, 0.1) is 0 Å². The van der Waals surface area contributed by atoms with Gasteiger partial charge in [0.25, 0.3) is 0 Å². The minimum absolute atomic E-state index is 0.0115. The van der Waals surface area contributed by atoms with Gasteiger partial charge in [0.1, 0.15) is 0 Å². The molecule has 0 aliphatic heterocycles.